The first kappa shape index (κ1) is 15.4. The first-order chi connectivity index (χ1) is 12.2. The van der Waals surface area contributed by atoms with Crippen LogP contribution in [0.3, 0.4) is 0 Å². The molecule has 25 heavy (non-hydrogen) atoms. The second-order valence-electron chi connectivity index (χ2n) is 5.61. The zero-order chi connectivity index (χ0) is 17.2. The second kappa shape index (κ2) is 6.42. The Morgan fingerprint density at radius 1 is 0.920 bits per heavy atom. The maximum Gasteiger partial charge on any atom is 0.275 e. The van der Waals surface area contributed by atoms with E-state index in [2.05, 4.69) is 10.3 Å². The number of benzene rings is 2. The SMILES string of the molecule is O=C(Nc1ccccc1)c1cn2cc(-c3ccccc3Cl)ccc2n1. The summed E-state index contributed by atoms with van der Waals surface area (Å²) in [6.45, 7) is 0. The average molecular weight is 348 g/mol. The Hall–Kier alpha value is -3.11. The van der Waals surface area contributed by atoms with E-state index in [1.165, 1.54) is 0 Å². The monoisotopic (exact) mass is 347 g/mol. The minimum absolute atomic E-state index is 0.241. The molecule has 4 nitrogen and oxygen atoms in total. The van der Waals surface area contributed by atoms with Crippen molar-refractivity contribution >= 4 is 28.8 Å². The molecule has 0 bridgehead atoms. The smallest absolute Gasteiger partial charge is 0.275 e. The molecule has 0 aliphatic carbocycles. The van der Waals surface area contributed by atoms with Crippen molar-refractivity contribution in [3.63, 3.8) is 0 Å². The van der Waals surface area contributed by atoms with E-state index in [1.54, 1.807) is 6.20 Å². The fraction of sp³-hybridized carbons (Fsp3) is 0. The molecular weight excluding hydrogens is 334 g/mol. The highest BCUT2D eigenvalue weighted by Gasteiger charge is 2.12. The lowest BCUT2D eigenvalue weighted by Gasteiger charge is -2.04. The van der Waals surface area contributed by atoms with Crippen LogP contribution in [-0.4, -0.2) is 15.3 Å². The molecule has 0 atom stereocenters. The summed E-state index contributed by atoms with van der Waals surface area (Å²) in [4.78, 5) is 16.8. The minimum atomic E-state index is -0.241. The van der Waals surface area contributed by atoms with E-state index < -0.39 is 0 Å². The number of hydrogen-bond donors (Lipinski definition) is 1. The van der Waals surface area contributed by atoms with E-state index in [0.717, 1.165) is 16.8 Å². The Labute approximate surface area is 149 Å². The molecule has 0 radical (unpaired) electrons. The Morgan fingerprint density at radius 2 is 1.68 bits per heavy atom. The van der Waals surface area contributed by atoms with Gasteiger partial charge in [-0.1, -0.05) is 48.0 Å². The molecule has 4 aromatic rings. The third kappa shape index (κ3) is 3.12. The quantitative estimate of drug-likeness (QED) is 0.572. The summed E-state index contributed by atoms with van der Waals surface area (Å²) in [5, 5.41) is 3.52. The zero-order valence-electron chi connectivity index (χ0n) is 13.2. The van der Waals surface area contributed by atoms with Crippen LogP contribution in [0, 0.1) is 0 Å². The molecule has 4 rings (SSSR count). The largest absolute Gasteiger partial charge is 0.321 e. The van der Waals surface area contributed by atoms with Crippen LogP contribution < -0.4 is 5.32 Å². The molecule has 0 unspecified atom stereocenters. The summed E-state index contributed by atoms with van der Waals surface area (Å²) in [5.74, 6) is -0.241. The Morgan fingerprint density at radius 3 is 2.48 bits per heavy atom. The number of amides is 1. The third-order valence-electron chi connectivity index (χ3n) is 3.90. The number of halogens is 1. The van der Waals surface area contributed by atoms with Gasteiger partial charge in [-0.3, -0.25) is 4.79 Å². The molecule has 0 saturated carbocycles. The van der Waals surface area contributed by atoms with Gasteiger partial charge in [0.1, 0.15) is 11.3 Å². The second-order valence-corrected chi connectivity index (χ2v) is 6.02. The maximum absolute atomic E-state index is 12.4. The fourth-order valence-electron chi connectivity index (χ4n) is 2.67. The van der Waals surface area contributed by atoms with Gasteiger partial charge in [0.05, 0.1) is 0 Å². The number of nitrogens with one attached hydrogen (secondary N) is 1. The fourth-order valence-corrected chi connectivity index (χ4v) is 2.92. The zero-order valence-corrected chi connectivity index (χ0v) is 13.9. The van der Waals surface area contributed by atoms with Crippen molar-refractivity contribution in [2.24, 2.45) is 0 Å². The summed E-state index contributed by atoms with van der Waals surface area (Å²) in [7, 11) is 0. The number of hydrogen-bond acceptors (Lipinski definition) is 2. The Bertz CT molecular complexity index is 1060. The minimum Gasteiger partial charge on any atom is -0.321 e. The number of rotatable bonds is 3. The molecule has 1 N–H and O–H groups in total. The van der Waals surface area contributed by atoms with E-state index in [0.29, 0.717) is 16.4 Å². The van der Waals surface area contributed by atoms with Crippen molar-refractivity contribution in [3.8, 4) is 11.1 Å². The molecule has 0 spiro atoms. The van der Waals surface area contributed by atoms with Crippen LogP contribution in [0.15, 0.2) is 79.1 Å². The summed E-state index contributed by atoms with van der Waals surface area (Å²) in [6, 6.07) is 20.8. The number of imidazole rings is 1. The van der Waals surface area contributed by atoms with Crippen molar-refractivity contribution in [1.29, 1.82) is 0 Å². The van der Waals surface area contributed by atoms with Crippen LogP contribution in [0.2, 0.25) is 5.02 Å². The molecule has 122 valence electrons. The van der Waals surface area contributed by atoms with Crippen LogP contribution in [0.1, 0.15) is 10.5 Å². The lowest BCUT2D eigenvalue weighted by molar-refractivity contribution is 0.102. The Balaban J connectivity index is 1.67. The van der Waals surface area contributed by atoms with E-state index in [9.17, 15) is 4.79 Å². The van der Waals surface area contributed by atoms with E-state index in [4.69, 9.17) is 11.6 Å². The van der Waals surface area contributed by atoms with Crippen LogP contribution in [0.25, 0.3) is 16.8 Å². The number of pyridine rings is 1. The molecule has 0 saturated heterocycles. The number of nitrogens with zero attached hydrogens (tertiary/aromatic N) is 2. The highest BCUT2D eigenvalue weighted by atomic mass is 35.5. The molecule has 2 aromatic carbocycles. The van der Waals surface area contributed by atoms with Gasteiger partial charge >= 0.3 is 0 Å². The molecule has 0 aliphatic rings. The lowest BCUT2D eigenvalue weighted by atomic mass is 10.1. The van der Waals surface area contributed by atoms with Gasteiger partial charge in [0.2, 0.25) is 0 Å². The lowest BCUT2D eigenvalue weighted by Crippen LogP contribution is -2.11. The maximum atomic E-state index is 12.4. The van der Waals surface area contributed by atoms with Gasteiger partial charge in [0, 0.05) is 28.7 Å². The normalized spacial score (nSPS) is 10.8. The number of anilines is 1. The average Bonchev–Trinajstić information content (AvgIpc) is 3.06. The highest BCUT2D eigenvalue weighted by molar-refractivity contribution is 6.33. The number of aromatic nitrogens is 2. The van der Waals surface area contributed by atoms with Crippen molar-refractivity contribution in [3.05, 3.63) is 89.8 Å². The number of para-hydroxylation sites is 1. The number of fused-ring (bicyclic) bond motifs is 1. The summed E-state index contributed by atoms with van der Waals surface area (Å²) in [6.07, 6.45) is 3.64. The van der Waals surface area contributed by atoms with Crippen molar-refractivity contribution in [1.82, 2.24) is 9.38 Å². The standard InChI is InChI=1S/C20H14ClN3O/c21-17-9-5-4-8-16(17)14-10-11-19-23-18(13-24(19)12-14)20(25)22-15-6-2-1-3-7-15/h1-13H,(H,22,25). The number of carbonyl (C=O) groups excluding carboxylic acids is 1. The van der Waals surface area contributed by atoms with E-state index >= 15 is 0 Å². The summed E-state index contributed by atoms with van der Waals surface area (Å²) in [5.41, 5.74) is 3.70. The third-order valence-corrected chi connectivity index (χ3v) is 4.23. The van der Waals surface area contributed by atoms with Crippen LogP contribution in [0.4, 0.5) is 5.69 Å². The van der Waals surface area contributed by atoms with E-state index in [-0.39, 0.29) is 5.91 Å². The Kier molecular flexibility index (Phi) is 3.96. The van der Waals surface area contributed by atoms with Crippen molar-refractivity contribution in [2.75, 3.05) is 5.32 Å². The van der Waals surface area contributed by atoms with Gasteiger partial charge in [0.25, 0.3) is 5.91 Å². The molecular formula is C20H14ClN3O. The van der Waals surface area contributed by atoms with Crippen LogP contribution >= 0.6 is 11.6 Å². The predicted octanol–water partition coefficient (Wildman–Crippen LogP) is 4.91. The molecule has 5 heteroatoms. The first-order valence-corrected chi connectivity index (χ1v) is 8.18. The topological polar surface area (TPSA) is 46.4 Å². The molecule has 2 aromatic heterocycles. The highest BCUT2D eigenvalue weighted by Crippen LogP contribution is 2.27. The van der Waals surface area contributed by atoms with Crippen molar-refractivity contribution in [2.45, 2.75) is 0 Å². The van der Waals surface area contributed by atoms with Crippen LogP contribution in [0.5, 0.6) is 0 Å². The van der Waals surface area contributed by atoms with Crippen LogP contribution in [-0.2, 0) is 0 Å². The summed E-state index contributed by atoms with van der Waals surface area (Å²) < 4.78 is 1.83. The summed E-state index contributed by atoms with van der Waals surface area (Å²) >= 11 is 6.27. The van der Waals surface area contributed by atoms with Gasteiger partial charge < -0.3 is 9.72 Å². The molecule has 2 heterocycles. The van der Waals surface area contributed by atoms with Gasteiger partial charge in [-0.05, 0) is 35.9 Å². The molecule has 0 aliphatic heterocycles. The van der Waals surface area contributed by atoms with E-state index in [1.807, 2.05) is 77.3 Å². The molecule has 1 amide bonds. The van der Waals surface area contributed by atoms with Crippen molar-refractivity contribution < 1.29 is 4.79 Å². The van der Waals surface area contributed by atoms with Gasteiger partial charge in [-0.2, -0.15) is 0 Å². The predicted molar refractivity (Wildman–Crippen MR) is 100 cm³/mol. The van der Waals surface area contributed by atoms with Gasteiger partial charge in [-0.15, -0.1) is 0 Å². The number of carbonyl (C=O) groups is 1. The first-order valence-electron chi connectivity index (χ1n) is 7.81. The van der Waals surface area contributed by atoms with Gasteiger partial charge in [0.15, 0.2) is 0 Å². The molecule has 0 fully saturated rings. The van der Waals surface area contributed by atoms with Gasteiger partial charge in [-0.25, -0.2) is 4.98 Å².